The number of allylic oxidation sites excluding steroid dienone is 5. The van der Waals surface area contributed by atoms with Gasteiger partial charge >= 0.3 is 0 Å². The first-order valence-corrected chi connectivity index (χ1v) is 20.7. The standard InChI is InChI=1S/C56H39N3/c1-2-12-40(13-3-1)55-56(58-51-19-8-7-18-50(51)57-55)49-17-10-15-43-34-44-33-42(28-31-46(44)54(43)49)39-23-21-37(22-24-39)38-25-29-45(30-26-38)59-52-20-9-6-16-47(52)48-32-27-36-11-4-5-14-41(36)35-53(48)59/h1-3,5-10,12-31,33,35H,4,11,32,34H2. The zero-order valence-electron chi connectivity index (χ0n) is 32.6. The lowest BCUT2D eigenvalue weighted by Gasteiger charge is -2.15. The van der Waals surface area contributed by atoms with Gasteiger partial charge in [-0.1, -0.05) is 152 Å². The summed E-state index contributed by atoms with van der Waals surface area (Å²) in [6, 6.07) is 59.3. The Bertz CT molecular complexity index is 3230. The highest BCUT2D eigenvalue weighted by Crippen LogP contribution is 2.46. The molecule has 2 aromatic heterocycles. The fourth-order valence-corrected chi connectivity index (χ4v) is 9.68. The van der Waals surface area contributed by atoms with E-state index in [2.05, 4.69) is 168 Å². The van der Waals surface area contributed by atoms with E-state index in [1.54, 1.807) is 0 Å². The van der Waals surface area contributed by atoms with Gasteiger partial charge in [-0.2, -0.15) is 0 Å². The fourth-order valence-electron chi connectivity index (χ4n) is 9.68. The molecular weight excluding hydrogens is 715 g/mol. The van der Waals surface area contributed by atoms with Crippen molar-refractivity contribution in [2.24, 2.45) is 0 Å². The molecule has 9 aromatic rings. The molecule has 3 heteroatoms. The Morgan fingerprint density at radius 3 is 2.03 bits per heavy atom. The molecule has 0 unspecified atom stereocenters. The molecular formula is C56H39N3. The van der Waals surface area contributed by atoms with Crippen molar-refractivity contribution in [2.45, 2.75) is 25.7 Å². The summed E-state index contributed by atoms with van der Waals surface area (Å²) >= 11 is 0. The number of hydrogen-bond acceptors (Lipinski definition) is 2. The van der Waals surface area contributed by atoms with Crippen LogP contribution in [0.1, 0.15) is 35.2 Å². The summed E-state index contributed by atoms with van der Waals surface area (Å²) in [5.74, 6) is 0. The number of nitrogens with zero attached hydrogens (tertiary/aromatic N) is 3. The Morgan fingerprint density at radius 1 is 0.525 bits per heavy atom. The number of rotatable bonds is 5. The molecule has 0 fully saturated rings. The molecule has 59 heavy (non-hydrogen) atoms. The Balaban J connectivity index is 0.858. The lowest BCUT2D eigenvalue weighted by molar-refractivity contribution is 0.963. The molecule has 0 N–H and O–H groups in total. The van der Waals surface area contributed by atoms with Crippen molar-refractivity contribution in [1.82, 2.24) is 14.5 Å². The zero-order valence-corrected chi connectivity index (χ0v) is 32.6. The van der Waals surface area contributed by atoms with Gasteiger partial charge in [-0.15, -0.1) is 0 Å². The summed E-state index contributed by atoms with van der Waals surface area (Å²) in [5, 5.41) is 1.34. The number of benzene rings is 7. The highest BCUT2D eigenvalue weighted by Gasteiger charge is 2.26. The predicted octanol–water partition coefficient (Wildman–Crippen LogP) is 14.0. The van der Waals surface area contributed by atoms with Crippen LogP contribution in [0, 0.1) is 0 Å². The van der Waals surface area contributed by atoms with Crippen LogP contribution in [0.15, 0.2) is 193 Å². The number of aromatic nitrogens is 3. The third-order valence-electron chi connectivity index (χ3n) is 12.6. The summed E-state index contributed by atoms with van der Waals surface area (Å²) in [4.78, 5) is 10.4. The fraction of sp³-hybridized carbons (Fsp3) is 0.0714. The monoisotopic (exact) mass is 753 g/mol. The molecule has 7 aromatic carbocycles. The van der Waals surface area contributed by atoms with E-state index >= 15 is 0 Å². The minimum Gasteiger partial charge on any atom is -0.310 e. The molecule has 3 aliphatic rings. The van der Waals surface area contributed by atoms with Gasteiger partial charge in [0.2, 0.25) is 0 Å². The molecule has 278 valence electrons. The molecule has 0 atom stereocenters. The minimum absolute atomic E-state index is 0.893. The lowest BCUT2D eigenvalue weighted by atomic mass is 9.93. The summed E-state index contributed by atoms with van der Waals surface area (Å²) in [6.07, 6.45) is 13.6. The molecule has 0 bridgehead atoms. The van der Waals surface area contributed by atoms with Crippen molar-refractivity contribution in [2.75, 3.05) is 0 Å². The Kier molecular flexibility index (Phi) is 7.80. The van der Waals surface area contributed by atoms with Crippen molar-refractivity contribution in [3.8, 4) is 61.6 Å². The van der Waals surface area contributed by atoms with E-state index in [4.69, 9.17) is 9.97 Å². The van der Waals surface area contributed by atoms with Gasteiger partial charge in [0, 0.05) is 22.2 Å². The quantitative estimate of drug-likeness (QED) is 0.175. The lowest BCUT2D eigenvalue weighted by Crippen LogP contribution is -1.98. The molecule has 12 rings (SSSR count). The third kappa shape index (κ3) is 5.65. The average Bonchev–Trinajstić information content (AvgIpc) is 3.76. The van der Waals surface area contributed by atoms with Gasteiger partial charge in [0.25, 0.3) is 0 Å². The smallest absolute Gasteiger partial charge is 0.0979 e. The highest BCUT2D eigenvalue weighted by molar-refractivity contribution is 5.96. The molecule has 2 heterocycles. The van der Waals surface area contributed by atoms with Crippen LogP contribution in [0.5, 0.6) is 0 Å². The molecule has 3 nitrogen and oxygen atoms in total. The maximum atomic E-state index is 5.26. The molecule has 0 saturated heterocycles. The third-order valence-corrected chi connectivity index (χ3v) is 12.6. The average molecular weight is 754 g/mol. The second kappa shape index (κ2) is 13.6. The number of fused-ring (bicyclic) bond motifs is 8. The normalized spacial score (nSPS) is 14.0. The zero-order chi connectivity index (χ0) is 38.9. The van der Waals surface area contributed by atoms with Crippen LogP contribution in [0.4, 0.5) is 0 Å². The molecule has 0 aliphatic heterocycles. The van der Waals surface area contributed by atoms with Crippen LogP contribution in [0.25, 0.3) is 89.6 Å². The molecule has 0 spiro atoms. The minimum atomic E-state index is 0.893. The van der Waals surface area contributed by atoms with Crippen molar-refractivity contribution < 1.29 is 0 Å². The van der Waals surface area contributed by atoms with E-state index in [1.807, 2.05) is 24.3 Å². The van der Waals surface area contributed by atoms with Crippen molar-refractivity contribution in [1.29, 1.82) is 0 Å². The first kappa shape index (κ1) is 33.7. The van der Waals surface area contributed by atoms with E-state index in [9.17, 15) is 0 Å². The highest BCUT2D eigenvalue weighted by atomic mass is 15.0. The van der Waals surface area contributed by atoms with Gasteiger partial charge < -0.3 is 4.57 Å². The van der Waals surface area contributed by atoms with Gasteiger partial charge in [0.05, 0.1) is 33.6 Å². The Labute approximate surface area is 344 Å². The van der Waals surface area contributed by atoms with Crippen LogP contribution in [0.3, 0.4) is 0 Å². The first-order valence-electron chi connectivity index (χ1n) is 20.7. The summed E-state index contributed by atoms with van der Waals surface area (Å²) < 4.78 is 2.45. The van der Waals surface area contributed by atoms with Crippen molar-refractivity contribution in [3.63, 3.8) is 0 Å². The predicted molar refractivity (Wildman–Crippen MR) is 244 cm³/mol. The van der Waals surface area contributed by atoms with Gasteiger partial charge in [0.15, 0.2) is 0 Å². The molecule has 0 saturated carbocycles. The van der Waals surface area contributed by atoms with E-state index in [0.717, 1.165) is 59.2 Å². The number of para-hydroxylation sites is 3. The summed E-state index contributed by atoms with van der Waals surface area (Å²) in [7, 11) is 0. The largest absolute Gasteiger partial charge is 0.310 e. The maximum absolute atomic E-state index is 5.26. The molecule has 0 radical (unpaired) electrons. The van der Waals surface area contributed by atoms with E-state index in [-0.39, 0.29) is 0 Å². The Hall–Kier alpha value is -7.36. The second-order valence-corrected chi connectivity index (χ2v) is 16.0. The van der Waals surface area contributed by atoms with E-state index in [1.165, 1.54) is 83.5 Å². The first-order chi connectivity index (χ1) is 29.2. The van der Waals surface area contributed by atoms with Crippen LogP contribution < -0.4 is 0 Å². The number of hydrogen-bond donors (Lipinski definition) is 0. The van der Waals surface area contributed by atoms with Gasteiger partial charge in [0.1, 0.15) is 0 Å². The van der Waals surface area contributed by atoms with E-state index < -0.39 is 0 Å². The van der Waals surface area contributed by atoms with E-state index in [0.29, 0.717) is 0 Å². The van der Waals surface area contributed by atoms with Crippen molar-refractivity contribution in [3.05, 3.63) is 216 Å². The van der Waals surface area contributed by atoms with Crippen LogP contribution >= 0.6 is 0 Å². The van der Waals surface area contributed by atoms with Crippen LogP contribution in [0.2, 0.25) is 0 Å². The van der Waals surface area contributed by atoms with Crippen molar-refractivity contribution >= 4 is 28.0 Å². The topological polar surface area (TPSA) is 30.7 Å². The van der Waals surface area contributed by atoms with Crippen LogP contribution in [-0.4, -0.2) is 14.5 Å². The van der Waals surface area contributed by atoms with Crippen LogP contribution in [-0.2, 0) is 12.8 Å². The molecule has 3 aliphatic carbocycles. The SMILES string of the molecule is C1=CC2=Cc3c(c4ccccc4n3-c3ccc(-c4ccc(-c5ccc6c(c5)Cc5cccc(-c7nc8ccccc8nc7-c7ccccc7)c5-6)cc4)cc3)CC=C2CC1. The van der Waals surface area contributed by atoms with Gasteiger partial charge in [-0.25, -0.2) is 9.97 Å². The summed E-state index contributed by atoms with van der Waals surface area (Å²) in [5.41, 5.74) is 23.9. The second-order valence-electron chi connectivity index (χ2n) is 16.0. The maximum Gasteiger partial charge on any atom is 0.0979 e. The Morgan fingerprint density at radius 2 is 1.22 bits per heavy atom. The van der Waals surface area contributed by atoms with Gasteiger partial charge in [-0.05, 0) is 123 Å². The summed E-state index contributed by atoms with van der Waals surface area (Å²) in [6.45, 7) is 0. The molecule has 0 amide bonds. The van der Waals surface area contributed by atoms with Gasteiger partial charge in [-0.3, -0.25) is 0 Å².